The summed E-state index contributed by atoms with van der Waals surface area (Å²) in [5.74, 6) is 0.603. The number of nitrogens with zero attached hydrogens (tertiary/aromatic N) is 4. The van der Waals surface area contributed by atoms with Gasteiger partial charge in [-0.25, -0.2) is 28.1 Å². The quantitative estimate of drug-likeness (QED) is 0.516. The van der Waals surface area contributed by atoms with Crippen LogP contribution in [-0.2, 0) is 16.4 Å². The molecule has 8 nitrogen and oxygen atoms in total. The smallest absolute Gasteiger partial charge is 0.265 e. The van der Waals surface area contributed by atoms with Crippen molar-refractivity contribution in [3.63, 3.8) is 0 Å². The molecule has 31 heavy (non-hydrogen) atoms. The second kappa shape index (κ2) is 7.92. The normalized spacial score (nSPS) is 11.6. The van der Waals surface area contributed by atoms with Gasteiger partial charge in [-0.05, 0) is 56.3 Å². The largest absolute Gasteiger partial charge is 0.268 e. The number of anilines is 1. The van der Waals surface area contributed by atoms with Crippen molar-refractivity contribution in [3.05, 3.63) is 82.2 Å². The third-order valence-corrected chi connectivity index (χ3v) is 6.18. The predicted molar refractivity (Wildman–Crippen MR) is 119 cm³/mol. The van der Waals surface area contributed by atoms with Gasteiger partial charge in [-0.3, -0.25) is 9.36 Å². The highest BCUT2D eigenvalue weighted by Gasteiger charge is 2.17. The van der Waals surface area contributed by atoms with Gasteiger partial charge < -0.3 is 0 Å². The van der Waals surface area contributed by atoms with Gasteiger partial charge >= 0.3 is 0 Å². The minimum Gasteiger partial charge on any atom is -0.268 e. The Morgan fingerprint density at radius 1 is 1.00 bits per heavy atom. The Morgan fingerprint density at radius 3 is 2.42 bits per heavy atom. The molecular formula is C22H21N5O3S. The molecule has 0 atom stereocenters. The van der Waals surface area contributed by atoms with Crippen LogP contribution in [0.3, 0.4) is 0 Å². The summed E-state index contributed by atoms with van der Waals surface area (Å²) < 4.78 is 29.3. The summed E-state index contributed by atoms with van der Waals surface area (Å²) in [5.41, 5.74) is 2.61. The summed E-state index contributed by atoms with van der Waals surface area (Å²) >= 11 is 0. The fourth-order valence-corrected chi connectivity index (χ4v) is 4.25. The number of nitrogens with one attached hydrogen (secondary N) is 1. The molecule has 9 heteroatoms. The van der Waals surface area contributed by atoms with Crippen LogP contribution in [0.25, 0.3) is 16.6 Å². The van der Waals surface area contributed by atoms with Crippen LogP contribution in [0, 0.1) is 13.8 Å². The number of hydrogen-bond acceptors (Lipinski definition) is 6. The van der Waals surface area contributed by atoms with Crippen molar-refractivity contribution >= 4 is 26.9 Å². The average molecular weight is 436 g/mol. The number of sulfonamides is 1. The Hall–Kier alpha value is -3.59. The highest BCUT2D eigenvalue weighted by atomic mass is 32.2. The molecule has 0 spiro atoms. The van der Waals surface area contributed by atoms with E-state index in [-0.39, 0.29) is 16.4 Å². The third kappa shape index (κ3) is 4.04. The van der Waals surface area contributed by atoms with Gasteiger partial charge in [0.1, 0.15) is 5.82 Å². The zero-order valence-corrected chi connectivity index (χ0v) is 18.1. The first-order valence-electron chi connectivity index (χ1n) is 9.73. The van der Waals surface area contributed by atoms with E-state index in [0.717, 1.165) is 5.56 Å². The molecule has 2 heterocycles. The number of rotatable bonds is 5. The Kier molecular flexibility index (Phi) is 5.28. The van der Waals surface area contributed by atoms with E-state index in [0.29, 0.717) is 34.5 Å². The summed E-state index contributed by atoms with van der Waals surface area (Å²) in [4.78, 5) is 25.8. The maximum atomic E-state index is 13.2. The van der Waals surface area contributed by atoms with Gasteiger partial charge in [-0.2, -0.15) is 0 Å². The van der Waals surface area contributed by atoms with E-state index in [1.807, 2.05) is 32.0 Å². The molecule has 0 saturated carbocycles. The molecule has 0 amide bonds. The summed E-state index contributed by atoms with van der Waals surface area (Å²) in [6, 6.07) is 13.3. The Bertz CT molecular complexity index is 1440. The van der Waals surface area contributed by atoms with E-state index in [2.05, 4.69) is 19.7 Å². The van der Waals surface area contributed by atoms with Crippen molar-refractivity contribution in [1.82, 2.24) is 19.5 Å². The van der Waals surface area contributed by atoms with Crippen molar-refractivity contribution in [3.8, 4) is 5.69 Å². The topological polar surface area (TPSA) is 107 Å². The fourth-order valence-electron chi connectivity index (χ4n) is 3.30. The van der Waals surface area contributed by atoms with Gasteiger partial charge in [0.2, 0.25) is 5.95 Å². The Balaban J connectivity index is 1.75. The van der Waals surface area contributed by atoms with Gasteiger partial charge in [0, 0.05) is 18.3 Å². The van der Waals surface area contributed by atoms with Crippen molar-refractivity contribution in [1.29, 1.82) is 0 Å². The average Bonchev–Trinajstić information content (AvgIpc) is 2.74. The molecule has 4 aromatic rings. The van der Waals surface area contributed by atoms with Crippen LogP contribution in [-0.4, -0.2) is 27.9 Å². The minimum absolute atomic E-state index is 0.00247. The predicted octanol–water partition coefficient (Wildman–Crippen LogP) is 3.16. The maximum absolute atomic E-state index is 13.2. The van der Waals surface area contributed by atoms with E-state index >= 15 is 0 Å². The molecule has 2 aromatic carbocycles. The lowest BCUT2D eigenvalue weighted by atomic mass is 10.1. The highest BCUT2D eigenvalue weighted by Crippen LogP contribution is 2.18. The summed E-state index contributed by atoms with van der Waals surface area (Å²) in [6.45, 7) is 5.58. The number of aromatic nitrogens is 4. The second-order valence-electron chi connectivity index (χ2n) is 7.16. The summed E-state index contributed by atoms with van der Waals surface area (Å²) in [7, 11) is -3.87. The van der Waals surface area contributed by atoms with Crippen molar-refractivity contribution in [2.24, 2.45) is 0 Å². The standard InChI is InChI=1S/C22H21N5O3S/c1-4-20-25-19-10-5-14(2)13-18(19)21(28)27(20)16-6-8-17(9-7-16)31(29,30)26-22-23-12-11-15(3)24-22/h5-13H,4H2,1-3H3,(H,23,24,26). The minimum atomic E-state index is -3.87. The summed E-state index contributed by atoms with van der Waals surface area (Å²) in [5, 5.41) is 0.521. The first kappa shape index (κ1) is 20.7. The molecule has 0 fully saturated rings. The zero-order chi connectivity index (χ0) is 22.2. The lowest BCUT2D eigenvalue weighted by molar-refractivity contribution is 0.600. The monoisotopic (exact) mass is 435 g/mol. The summed E-state index contributed by atoms with van der Waals surface area (Å²) in [6.07, 6.45) is 2.03. The molecule has 0 bridgehead atoms. The van der Waals surface area contributed by atoms with Crippen LogP contribution in [0.5, 0.6) is 0 Å². The van der Waals surface area contributed by atoms with Crippen LogP contribution < -0.4 is 10.3 Å². The molecule has 0 aliphatic heterocycles. The number of aryl methyl sites for hydroxylation is 3. The maximum Gasteiger partial charge on any atom is 0.265 e. The lowest BCUT2D eigenvalue weighted by Gasteiger charge is -2.13. The molecule has 4 rings (SSSR count). The van der Waals surface area contributed by atoms with Crippen LogP contribution in [0.2, 0.25) is 0 Å². The van der Waals surface area contributed by atoms with Gasteiger partial charge in [0.25, 0.3) is 15.6 Å². The van der Waals surface area contributed by atoms with Crippen molar-refractivity contribution in [2.75, 3.05) is 4.72 Å². The zero-order valence-electron chi connectivity index (χ0n) is 17.3. The lowest BCUT2D eigenvalue weighted by Crippen LogP contribution is -2.24. The molecule has 0 unspecified atom stereocenters. The number of hydrogen-bond donors (Lipinski definition) is 1. The van der Waals surface area contributed by atoms with Crippen LogP contribution in [0.4, 0.5) is 5.95 Å². The Morgan fingerprint density at radius 2 is 1.74 bits per heavy atom. The van der Waals surface area contributed by atoms with E-state index < -0.39 is 10.0 Å². The van der Waals surface area contributed by atoms with E-state index in [9.17, 15) is 13.2 Å². The van der Waals surface area contributed by atoms with Crippen molar-refractivity contribution in [2.45, 2.75) is 32.1 Å². The van der Waals surface area contributed by atoms with Crippen molar-refractivity contribution < 1.29 is 8.42 Å². The van der Waals surface area contributed by atoms with Gasteiger partial charge in [-0.15, -0.1) is 0 Å². The molecule has 1 N–H and O–H groups in total. The Labute approximate surface area is 179 Å². The number of fused-ring (bicyclic) bond motifs is 1. The second-order valence-corrected chi connectivity index (χ2v) is 8.85. The SMILES string of the molecule is CCc1nc2ccc(C)cc2c(=O)n1-c1ccc(S(=O)(=O)Nc2nccc(C)n2)cc1. The molecule has 0 aliphatic carbocycles. The fraction of sp³-hybridized carbons (Fsp3) is 0.182. The third-order valence-electron chi connectivity index (χ3n) is 4.84. The van der Waals surface area contributed by atoms with Gasteiger partial charge in [-0.1, -0.05) is 18.6 Å². The molecule has 0 aliphatic rings. The van der Waals surface area contributed by atoms with E-state index in [1.54, 1.807) is 25.1 Å². The van der Waals surface area contributed by atoms with Gasteiger partial charge in [0.15, 0.2) is 0 Å². The molecular weight excluding hydrogens is 414 g/mol. The first-order valence-corrected chi connectivity index (χ1v) is 11.2. The van der Waals surface area contributed by atoms with Crippen LogP contribution in [0.15, 0.2) is 64.4 Å². The van der Waals surface area contributed by atoms with Crippen LogP contribution in [0.1, 0.15) is 24.0 Å². The molecule has 0 saturated heterocycles. The first-order chi connectivity index (χ1) is 14.8. The molecule has 2 aromatic heterocycles. The highest BCUT2D eigenvalue weighted by molar-refractivity contribution is 7.92. The van der Waals surface area contributed by atoms with E-state index in [1.165, 1.54) is 22.9 Å². The number of benzene rings is 2. The molecule has 0 radical (unpaired) electrons. The molecule has 158 valence electrons. The van der Waals surface area contributed by atoms with Crippen LogP contribution >= 0.6 is 0 Å². The van der Waals surface area contributed by atoms with Gasteiger partial charge in [0.05, 0.1) is 21.5 Å². The van der Waals surface area contributed by atoms with E-state index in [4.69, 9.17) is 0 Å².